The molecular weight excluding hydrogens is 134 g/mol. The number of hydrogen-bond acceptors (Lipinski definition) is 3. The molecule has 1 aromatic heterocycles. The summed E-state index contributed by atoms with van der Waals surface area (Å²) in [6, 6.07) is 0. The van der Waals surface area contributed by atoms with E-state index < -0.39 is 0 Å². The fraction of sp³-hybridized carbons (Fsp3) is 0.500. The van der Waals surface area contributed by atoms with Crippen molar-refractivity contribution in [3.8, 4) is 5.06 Å². The molecule has 0 aliphatic rings. The van der Waals surface area contributed by atoms with E-state index in [-0.39, 0.29) is 0 Å². The Bertz CT molecular complexity index is 207. The molecule has 0 fully saturated rings. The predicted molar refractivity (Wildman–Crippen MR) is 38.1 cm³/mol. The molecule has 1 rings (SSSR count). The first-order valence-electron chi connectivity index (χ1n) is 2.72. The Morgan fingerprint density at radius 3 is 2.33 bits per heavy atom. The van der Waals surface area contributed by atoms with E-state index in [1.54, 1.807) is 18.4 Å². The van der Waals surface area contributed by atoms with Crippen molar-refractivity contribution in [1.82, 2.24) is 4.98 Å². The van der Waals surface area contributed by atoms with Gasteiger partial charge in [0.15, 0.2) is 5.06 Å². The predicted octanol–water partition coefficient (Wildman–Crippen LogP) is 1.77. The zero-order valence-corrected chi connectivity index (χ0v) is 6.58. The van der Waals surface area contributed by atoms with Gasteiger partial charge in [0.05, 0.1) is 17.8 Å². The fourth-order valence-electron chi connectivity index (χ4n) is 0.702. The summed E-state index contributed by atoms with van der Waals surface area (Å²) in [5.41, 5.74) is 0.986. The zero-order valence-electron chi connectivity index (χ0n) is 5.76. The standard InChI is InChI=1S/C6H9NOS/c1-4-6(8-3)9-5(2)7-4/h1-3H3. The molecule has 0 N–H and O–H groups in total. The average Bonchev–Trinajstić information content (AvgIpc) is 2.10. The van der Waals surface area contributed by atoms with Crippen LogP contribution in [0.3, 0.4) is 0 Å². The van der Waals surface area contributed by atoms with Crippen molar-refractivity contribution >= 4 is 11.3 Å². The maximum Gasteiger partial charge on any atom is 0.196 e. The van der Waals surface area contributed by atoms with Crippen molar-refractivity contribution in [3.63, 3.8) is 0 Å². The molecule has 0 spiro atoms. The number of rotatable bonds is 1. The summed E-state index contributed by atoms with van der Waals surface area (Å²) >= 11 is 1.58. The van der Waals surface area contributed by atoms with Gasteiger partial charge in [-0.2, -0.15) is 0 Å². The maximum absolute atomic E-state index is 5.02. The van der Waals surface area contributed by atoms with Crippen molar-refractivity contribution in [3.05, 3.63) is 10.7 Å². The van der Waals surface area contributed by atoms with Crippen LogP contribution in [0.5, 0.6) is 5.06 Å². The molecule has 2 nitrogen and oxygen atoms in total. The number of aromatic nitrogens is 1. The lowest BCUT2D eigenvalue weighted by Crippen LogP contribution is -1.80. The van der Waals surface area contributed by atoms with Gasteiger partial charge < -0.3 is 4.74 Å². The van der Waals surface area contributed by atoms with Crippen LogP contribution in [-0.4, -0.2) is 12.1 Å². The lowest BCUT2D eigenvalue weighted by Gasteiger charge is -1.90. The normalized spacial score (nSPS) is 9.67. The van der Waals surface area contributed by atoms with Crippen LogP contribution in [0.1, 0.15) is 10.7 Å². The highest BCUT2D eigenvalue weighted by atomic mass is 32.1. The molecule has 0 aliphatic heterocycles. The molecule has 9 heavy (non-hydrogen) atoms. The summed E-state index contributed by atoms with van der Waals surface area (Å²) in [6.07, 6.45) is 0. The van der Waals surface area contributed by atoms with Crippen molar-refractivity contribution in [2.45, 2.75) is 13.8 Å². The van der Waals surface area contributed by atoms with Gasteiger partial charge in [-0.05, 0) is 13.8 Å². The van der Waals surface area contributed by atoms with Gasteiger partial charge in [-0.3, -0.25) is 0 Å². The molecule has 0 aromatic carbocycles. The van der Waals surface area contributed by atoms with Crippen LogP contribution in [0.2, 0.25) is 0 Å². The first-order chi connectivity index (χ1) is 4.24. The molecule has 0 amide bonds. The molecule has 0 aliphatic carbocycles. The van der Waals surface area contributed by atoms with Gasteiger partial charge in [-0.15, -0.1) is 0 Å². The van der Waals surface area contributed by atoms with Gasteiger partial charge in [0, 0.05) is 0 Å². The van der Waals surface area contributed by atoms with Gasteiger partial charge >= 0.3 is 0 Å². The topological polar surface area (TPSA) is 22.1 Å². The molecule has 1 heterocycles. The summed E-state index contributed by atoms with van der Waals surface area (Å²) in [4.78, 5) is 4.18. The van der Waals surface area contributed by atoms with Crippen LogP contribution >= 0.6 is 11.3 Å². The summed E-state index contributed by atoms with van der Waals surface area (Å²) < 4.78 is 5.02. The average molecular weight is 143 g/mol. The smallest absolute Gasteiger partial charge is 0.196 e. The van der Waals surface area contributed by atoms with Crippen LogP contribution in [-0.2, 0) is 0 Å². The summed E-state index contributed by atoms with van der Waals surface area (Å²) in [6.45, 7) is 3.92. The zero-order chi connectivity index (χ0) is 6.85. The molecule has 50 valence electrons. The number of thiazole rings is 1. The van der Waals surface area contributed by atoms with E-state index in [9.17, 15) is 0 Å². The third-order valence-electron chi connectivity index (χ3n) is 1.05. The molecule has 0 bridgehead atoms. The Morgan fingerprint density at radius 1 is 1.44 bits per heavy atom. The number of ether oxygens (including phenoxy) is 1. The van der Waals surface area contributed by atoms with Gasteiger partial charge in [0.2, 0.25) is 0 Å². The highest BCUT2D eigenvalue weighted by Gasteiger charge is 2.01. The fourth-order valence-corrected chi connectivity index (χ4v) is 1.43. The van der Waals surface area contributed by atoms with Crippen LogP contribution in [0, 0.1) is 13.8 Å². The Kier molecular flexibility index (Phi) is 1.71. The highest BCUT2D eigenvalue weighted by molar-refractivity contribution is 7.13. The van der Waals surface area contributed by atoms with Crippen molar-refractivity contribution in [2.24, 2.45) is 0 Å². The van der Waals surface area contributed by atoms with Crippen molar-refractivity contribution in [2.75, 3.05) is 7.11 Å². The van der Waals surface area contributed by atoms with Gasteiger partial charge in [-0.25, -0.2) is 4.98 Å². The lowest BCUT2D eigenvalue weighted by molar-refractivity contribution is 0.423. The van der Waals surface area contributed by atoms with Gasteiger partial charge in [0.1, 0.15) is 0 Å². The van der Waals surface area contributed by atoms with E-state index in [1.165, 1.54) is 0 Å². The van der Waals surface area contributed by atoms with E-state index in [1.807, 2.05) is 13.8 Å². The molecule has 0 saturated carbocycles. The number of methoxy groups -OCH3 is 1. The Balaban J connectivity index is 3.01. The minimum Gasteiger partial charge on any atom is -0.486 e. The van der Waals surface area contributed by atoms with E-state index in [0.29, 0.717) is 0 Å². The minimum absolute atomic E-state index is 0.924. The van der Waals surface area contributed by atoms with E-state index in [0.717, 1.165) is 15.8 Å². The Labute approximate surface area is 58.5 Å². The van der Waals surface area contributed by atoms with Gasteiger partial charge in [0.25, 0.3) is 0 Å². The summed E-state index contributed by atoms with van der Waals surface area (Å²) in [7, 11) is 1.67. The summed E-state index contributed by atoms with van der Waals surface area (Å²) in [5, 5.41) is 1.98. The van der Waals surface area contributed by atoms with Crippen LogP contribution in [0.15, 0.2) is 0 Å². The lowest BCUT2D eigenvalue weighted by atomic mass is 10.5. The first-order valence-corrected chi connectivity index (χ1v) is 3.53. The third-order valence-corrected chi connectivity index (χ3v) is 2.08. The quantitative estimate of drug-likeness (QED) is 0.597. The first kappa shape index (κ1) is 6.55. The molecule has 0 radical (unpaired) electrons. The second-order valence-corrected chi connectivity index (χ2v) is 2.98. The third kappa shape index (κ3) is 1.21. The van der Waals surface area contributed by atoms with Crippen LogP contribution in [0.25, 0.3) is 0 Å². The highest BCUT2D eigenvalue weighted by Crippen LogP contribution is 2.24. The number of nitrogens with zero attached hydrogens (tertiary/aromatic N) is 1. The van der Waals surface area contributed by atoms with Crippen LogP contribution < -0.4 is 4.74 Å². The maximum atomic E-state index is 5.02. The van der Waals surface area contributed by atoms with Crippen molar-refractivity contribution < 1.29 is 4.74 Å². The van der Waals surface area contributed by atoms with E-state index in [4.69, 9.17) is 4.74 Å². The number of hydrogen-bond donors (Lipinski definition) is 0. The van der Waals surface area contributed by atoms with Crippen LogP contribution in [0.4, 0.5) is 0 Å². The number of aryl methyl sites for hydroxylation is 2. The van der Waals surface area contributed by atoms with E-state index >= 15 is 0 Å². The van der Waals surface area contributed by atoms with Crippen molar-refractivity contribution in [1.29, 1.82) is 0 Å². The largest absolute Gasteiger partial charge is 0.486 e. The van der Waals surface area contributed by atoms with Gasteiger partial charge in [-0.1, -0.05) is 11.3 Å². The Hall–Kier alpha value is -0.570. The molecule has 0 saturated heterocycles. The monoisotopic (exact) mass is 143 g/mol. The second-order valence-electron chi connectivity index (χ2n) is 1.81. The molecule has 3 heteroatoms. The minimum atomic E-state index is 0.924. The van der Waals surface area contributed by atoms with E-state index in [2.05, 4.69) is 4.98 Å². The molecule has 0 unspecified atom stereocenters. The SMILES string of the molecule is COc1sc(C)nc1C. The molecule has 1 aromatic rings. The molecule has 0 atom stereocenters. The summed E-state index contributed by atoms with van der Waals surface area (Å²) in [5.74, 6) is 0. The second kappa shape index (κ2) is 2.35. The Morgan fingerprint density at radius 2 is 2.11 bits per heavy atom. The molecular formula is C6H9NOS.